The van der Waals surface area contributed by atoms with Gasteiger partial charge in [-0.2, -0.15) is 5.10 Å². The minimum atomic E-state index is -0.910. The van der Waals surface area contributed by atoms with Crippen LogP contribution in [0.1, 0.15) is 35.6 Å². The van der Waals surface area contributed by atoms with Gasteiger partial charge in [0.15, 0.2) is 0 Å². The number of benzene rings is 3. The molecule has 1 aromatic heterocycles. The molecule has 0 saturated carbocycles. The number of nitrogens with zero attached hydrogens (tertiary/aromatic N) is 2. The second-order valence-corrected chi connectivity index (χ2v) is 9.94. The standard InChI is InChI=1S/C30H27ClFN3O4/c1-39-30(38)26(17-18-5-15-23(36)16-6-18)33-29(37)25-4-2-3-24-27(25)34-35(22-13-11-21(32)12-14-22)28(24)19-7-9-20(31)10-8-19/h5-16,25-26,36H,2-4,17H2,1H3,(H,33,37). The average molecular weight is 548 g/mol. The molecule has 3 aromatic carbocycles. The molecule has 0 aliphatic heterocycles. The molecule has 2 atom stereocenters. The number of aromatic nitrogens is 2. The average Bonchev–Trinajstić information content (AvgIpc) is 3.34. The van der Waals surface area contributed by atoms with Gasteiger partial charge in [0.25, 0.3) is 0 Å². The molecule has 0 spiro atoms. The van der Waals surface area contributed by atoms with Crippen molar-refractivity contribution in [1.29, 1.82) is 0 Å². The summed E-state index contributed by atoms with van der Waals surface area (Å²) in [4.78, 5) is 26.2. The van der Waals surface area contributed by atoms with E-state index in [-0.39, 0.29) is 23.9 Å². The van der Waals surface area contributed by atoms with Crippen LogP contribution in [0.25, 0.3) is 16.9 Å². The Morgan fingerprint density at radius 2 is 1.79 bits per heavy atom. The maximum Gasteiger partial charge on any atom is 0.328 e. The van der Waals surface area contributed by atoms with Gasteiger partial charge in [0.1, 0.15) is 17.6 Å². The van der Waals surface area contributed by atoms with E-state index in [4.69, 9.17) is 21.4 Å². The molecule has 1 aliphatic rings. The van der Waals surface area contributed by atoms with Crippen molar-refractivity contribution >= 4 is 23.5 Å². The highest BCUT2D eigenvalue weighted by Crippen LogP contribution is 2.39. The van der Waals surface area contributed by atoms with Crippen LogP contribution < -0.4 is 5.32 Å². The fourth-order valence-electron chi connectivity index (χ4n) is 5.02. The van der Waals surface area contributed by atoms with E-state index in [1.165, 1.54) is 31.4 Å². The number of hydrogen-bond acceptors (Lipinski definition) is 5. The smallest absolute Gasteiger partial charge is 0.328 e. The Bertz CT molecular complexity index is 1480. The number of halogens is 2. The number of carbonyl (C=O) groups excluding carboxylic acids is 2. The van der Waals surface area contributed by atoms with Crippen LogP contribution in [0.15, 0.2) is 72.8 Å². The molecule has 0 saturated heterocycles. The number of aromatic hydroxyl groups is 1. The molecule has 7 nitrogen and oxygen atoms in total. The third-order valence-corrected chi connectivity index (χ3v) is 7.20. The van der Waals surface area contributed by atoms with Gasteiger partial charge < -0.3 is 15.2 Å². The zero-order valence-corrected chi connectivity index (χ0v) is 22.0. The monoisotopic (exact) mass is 547 g/mol. The molecule has 0 fully saturated rings. The largest absolute Gasteiger partial charge is 0.508 e. The first kappa shape index (κ1) is 26.4. The molecule has 9 heteroatoms. The zero-order chi connectivity index (χ0) is 27.5. The minimum absolute atomic E-state index is 0.111. The number of phenolic OH excluding ortho intramolecular Hbond substituents is 1. The number of ether oxygens (including phenoxy) is 1. The Kier molecular flexibility index (Phi) is 7.65. The number of fused-ring (bicyclic) bond motifs is 1. The van der Waals surface area contributed by atoms with Crippen molar-refractivity contribution < 1.29 is 23.8 Å². The number of rotatable bonds is 7. The van der Waals surface area contributed by atoms with E-state index in [0.717, 1.165) is 28.8 Å². The van der Waals surface area contributed by atoms with Gasteiger partial charge in [0.05, 0.1) is 30.1 Å². The number of amides is 1. The van der Waals surface area contributed by atoms with Crippen LogP contribution in [0.3, 0.4) is 0 Å². The predicted molar refractivity (Wildman–Crippen MR) is 145 cm³/mol. The maximum absolute atomic E-state index is 13.7. The molecule has 1 amide bonds. The number of esters is 1. The molecule has 39 heavy (non-hydrogen) atoms. The molecule has 2 N–H and O–H groups in total. The van der Waals surface area contributed by atoms with Gasteiger partial charge in [0.2, 0.25) is 5.91 Å². The number of methoxy groups -OCH3 is 1. The molecular weight excluding hydrogens is 521 g/mol. The minimum Gasteiger partial charge on any atom is -0.508 e. The van der Waals surface area contributed by atoms with E-state index < -0.39 is 17.9 Å². The fraction of sp³-hybridized carbons (Fsp3) is 0.233. The van der Waals surface area contributed by atoms with Gasteiger partial charge in [-0.05, 0) is 73.4 Å². The fourth-order valence-corrected chi connectivity index (χ4v) is 5.14. The van der Waals surface area contributed by atoms with Crippen molar-refractivity contribution in [1.82, 2.24) is 15.1 Å². The summed E-state index contributed by atoms with van der Waals surface area (Å²) in [5.74, 6) is -1.72. The van der Waals surface area contributed by atoms with Gasteiger partial charge in [-0.15, -0.1) is 0 Å². The van der Waals surface area contributed by atoms with E-state index in [9.17, 15) is 19.1 Å². The highest BCUT2D eigenvalue weighted by atomic mass is 35.5. The predicted octanol–water partition coefficient (Wildman–Crippen LogP) is 5.36. The first-order valence-electron chi connectivity index (χ1n) is 12.6. The third-order valence-electron chi connectivity index (χ3n) is 6.95. The summed E-state index contributed by atoms with van der Waals surface area (Å²) >= 11 is 6.14. The van der Waals surface area contributed by atoms with Crippen molar-refractivity contribution in [2.75, 3.05) is 7.11 Å². The van der Waals surface area contributed by atoms with Crippen LogP contribution in [0, 0.1) is 5.82 Å². The van der Waals surface area contributed by atoms with E-state index in [1.807, 2.05) is 12.1 Å². The highest BCUT2D eigenvalue weighted by Gasteiger charge is 2.35. The summed E-state index contributed by atoms with van der Waals surface area (Å²) in [7, 11) is 1.28. The number of nitrogens with one attached hydrogen (secondary N) is 1. The van der Waals surface area contributed by atoms with Gasteiger partial charge in [-0.3, -0.25) is 4.79 Å². The SMILES string of the molecule is COC(=O)C(Cc1ccc(O)cc1)NC(=O)C1CCCc2c1nn(-c1ccc(F)cc1)c2-c1ccc(Cl)cc1. The molecule has 1 heterocycles. The second-order valence-electron chi connectivity index (χ2n) is 9.51. The molecule has 2 unspecified atom stereocenters. The molecular formula is C30H27ClFN3O4. The summed E-state index contributed by atoms with van der Waals surface area (Å²) in [5, 5.41) is 17.9. The molecule has 0 bridgehead atoms. The van der Waals surface area contributed by atoms with E-state index >= 15 is 0 Å². The first-order chi connectivity index (χ1) is 18.8. The van der Waals surface area contributed by atoms with E-state index in [0.29, 0.717) is 29.2 Å². The molecule has 0 radical (unpaired) electrons. The van der Waals surface area contributed by atoms with Gasteiger partial charge >= 0.3 is 5.97 Å². The summed E-state index contributed by atoms with van der Waals surface area (Å²) in [6.45, 7) is 0. The topological polar surface area (TPSA) is 93.4 Å². The Balaban J connectivity index is 1.51. The van der Waals surface area contributed by atoms with E-state index in [2.05, 4.69) is 5.32 Å². The number of phenols is 1. The highest BCUT2D eigenvalue weighted by molar-refractivity contribution is 6.30. The van der Waals surface area contributed by atoms with Crippen LogP contribution in [0.5, 0.6) is 5.75 Å². The van der Waals surface area contributed by atoms with Crippen molar-refractivity contribution in [3.05, 3.63) is 100 Å². The molecule has 200 valence electrons. The Morgan fingerprint density at radius 1 is 1.10 bits per heavy atom. The van der Waals surface area contributed by atoms with Crippen molar-refractivity contribution in [3.8, 4) is 22.7 Å². The molecule has 4 aromatic rings. The number of hydrogen-bond donors (Lipinski definition) is 2. The second kappa shape index (κ2) is 11.3. The lowest BCUT2D eigenvalue weighted by Gasteiger charge is -2.24. The third kappa shape index (κ3) is 5.66. The van der Waals surface area contributed by atoms with E-state index in [1.54, 1.807) is 41.1 Å². The zero-order valence-electron chi connectivity index (χ0n) is 21.2. The maximum atomic E-state index is 13.7. The molecule has 1 aliphatic carbocycles. The van der Waals surface area contributed by atoms with Crippen molar-refractivity contribution in [3.63, 3.8) is 0 Å². The van der Waals surface area contributed by atoms with Crippen LogP contribution in [0.4, 0.5) is 4.39 Å². The lowest BCUT2D eigenvalue weighted by molar-refractivity contribution is -0.145. The number of carbonyl (C=O) groups is 2. The summed E-state index contributed by atoms with van der Waals surface area (Å²) in [6, 6.07) is 18.9. The van der Waals surface area contributed by atoms with Crippen LogP contribution in [0.2, 0.25) is 5.02 Å². The first-order valence-corrected chi connectivity index (χ1v) is 13.0. The Morgan fingerprint density at radius 3 is 2.46 bits per heavy atom. The van der Waals surface area contributed by atoms with Gasteiger partial charge in [0, 0.05) is 22.6 Å². The normalized spacial score (nSPS) is 15.3. The Hall–Kier alpha value is -4.17. The van der Waals surface area contributed by atoms with Crippen LogP contribution >= 0.6 is 11.6 Å². The lowest BCUT2D eigenvalue weighted by atomic mass is 9.85. The molecule has 5 rings (SSSR count). The quantitative estimate of drug-likeness (QED) is 0.304. The lowest BCUT2D eigenvalue weighted by Crippen LogP contribution is -2.45. The van der Waals surface area contributed by atoms with Crippen molar-refractivity contribution in [2.45, 2.75) is 37.6 Å². The van der Waals surface area contributed by atoms with Crippen LogP contribution in [-0.4, -0.2) is 39.9 Å². The van der Waals surface area contributed by atoms with Crippen LogP contribution in [-0.2, 0) is 27.2 Å². The summed E-state index contributed by atoms with van der Waals surface area (Å²) < 4.78 is 20.4. The van der Waals surface area contributed by atoms with Gasteiger partial charge in [-0.25, -0.2) is 13.9 Å². The van der Waals surface area contributed by atoms with Gasteiger partial charge in [-0.1, -0.05) is 35.9 Å². The summed E-state index contributed by atoms with van der Waals surface area (Å²) in [6.07, 6.45) is 2.23. The Labute approximate surface area is 230 Å². The van der Waals surface area contributed by atoms with Crippen molar-refractivity contribution in [2.24, 2.45) is 0 Å². The summed E-state index contributed by atoms with van der Waals surface area (Å²) in [5.41, 5.74) is 4.67.